The summed E-state index contributed by atoms with van der Waals surface area (Å²) < 4.78 is 1.93. The molecule has 2 aromatic rings. The van der Waals surface area contributed by atoms with E-state index in [1.165, 1.54) is 0 Å². The van der Waals surface area contributed by atoms with Gasteiger partial charge >= 0.3 is 0 Å². The van der Waals surface area contributed by atoms with E-state index in [9.17, 15) is 9.59 Å². The van der Waals surface area contributed by atoms with Crippen molar-refractivity contribution in [2.45, 2.75) is 25.8 Å². The lowest BCUT2D eigenvalue weighted by Gasteiger charge is -2.31. The molecule has 0 radical (unpaired) electrons. The Kier molecular flexibility index (Phi) is 5.16. The Balaban J connectivity index is 1.74. The van der Waals surface area contributed by atoms with Gasteiger partial charge in [-0.25, -0.2) is 4.98 Å². The van der Waals surface area contributed by atoms with Crippen molar-refractivity contribution in [1.29, 1.82) is 0 Å². The Morgan fingerprint density at radius 1 is 1.20 bits per heavy atom. The predicted octanol–water partition coefficient (Wildman–Crippen LogP) is 1.88. The fraction of sp³-hybridized carbons (Fsp3) is 0.421. The number of carbonyl (C=O) groups is 2. The van der Waals surface area contributed by atoms with Gasteiger partial charge in [0.05, 0.1) is 0 Å². The van der Waals surface area contributed by atoms with Gasteiger partial charge < -0.3 is 14.8 Å². The van der Waals surface area contributed by atoms with Crippen LogP contribution in [0.2, 0.25) is 0 Å². The molecule has 3 rings (SSSR count). The first kappa shape index (κ1) is 17.2. The van der Waals surface area contributed by atoms with E-state index in [0.717, 1.165) is 11.4 Å². The van der Waals surface area contributed by atoms with E-state index >= 15 is 0 Å². The Morgan fingerprint density at radius 2 is 1.88 bits per heavy atom. The Hall–Kier alpha value is -2.63. The lowest BCUT2D eigenvalue weighted by molar-refractivity contribution is -0.134. The zero-order valence-corrected chi connectivity index (χ0v) is 14.7. The number of nitrogens with one attached hydrogen (secondary N) is 1. The van der Waals surface area contributed by atoms with Crippen molar-refractivity contribution in [2.24, 2.45) is 13.0 Å². The van der Waals surface area contributed by atoms with Gasteiger partial charge in [-0.1, -0.05) is 30.3 Å². The summed E-state index contributed by atoms with van der Waals surface area (Å²) in [6, 6.07) is 9.60. The van der Waals surface area contributed by atoms with Crippen LogP contribution in [0.15, 0.2) is 42.7 Å². The van der Waals surface area contributed by atoms with Crippen molar-refractivity contribution >= 4 is 11.8 Å². The van der Waals surface area contributed by atoms with E-state index in [1.54, 1.807) is 18.0 Å². The maximum atomic E-state index is 12.8. The molecule has 1 saturated heterocycles. The summed E-state index contributed by atoms with van der Waals surface area (Å²) >= 11 is 0. The molecule has 1 fully saturated rings. The van der Waals surface area contributed by atoms with Gasteiger partial charge in [0.2, 0.25) is 11.8 Å². The first-order valence-electron chi connectivity index (χ1n) is 8.64. The standard InChI is InChI=1S/C19H24N4O2/c1-14(24)23-11-8-16(9-12-23)19(25)21-17(15-6-4-3-5-7-15)18-20-10-13-22(18)2/h3-7,10,13,16-17H,8-9,11-12H2,1-2H3,(H,21,25)/t17-/m1/s1. The van der Waals surface area contributed by atoms with Gasteiger partial charge in [0.15, 0.2) is 0 Å². The zero-order valence-electron chi connectivity index (χ0n) is 14.7. The molecule has 0 aliphatic carbocycles. The van der Waals surface area contributed by atoms with Gasteiger partial charge in [0, 0.05) is 45.4 Å². The molecular formula is C19H24N4O2. The summed E-state index contributed by atoms with van der Waals surface area (Å²) in [5, 5.41) is 3.16. The van der Waals surface area contributed by atoms with Crippen molar-refractivity contribution in [2.75, 3.05) is 13.1 Å². The van der Waals surface area contributed by atoms with Crippen molar-refractivity contribution in [3.63, 3.8) is 0 Å². The molecule has 2 heterocycles. The zero-order chi connectivity index (χ0) is 17.8. The SMILES string of the molecule is CC(=O)N1CCC(C(=O)N[C@H](c2ccccc2)c2nccn2C)CC1. The number of imidazole rings is 1. The van der Waals surface area contributed by atoms with E-state index in [1.807, 2.05) is 48.1 Å². The van der Waals surface area contributed by atoms with Crippen LogP contribution in [0.5, 0.6) is 0 Å². The molecule has 0 spiro atoms. The number of benzene rings is 1. The highest BCUT2D eigenvalue weighted by Crippen LogP contribution is 2.23. The third-order valence-electron chi connectivity index (χ3n) is 4.85. The van der Waals surface area contributed by atoms with Crippen molar-refractivity contribution in [3.8, 4) is 0 Å². The smallest absolute Gasteiger partial charge is 0.224 e. The van der Waals surface area contributed by atoms with E-state index < -0.39 is 0 Å². The first-order chi connectivity index (χ1) is 12.1. The second kappa shape index (κ2) is 7.51. The molecule has 6 heteroatoms. The van der Waals surface area contributed by atoms with Gasteiger partial charge in [0.1, 0.15) is 11.9 Å². The molecule has 1 aromatic carbocycles. The highest BCUT2D eigenvalue weighted by molar-refractivity contribution is 5.80. The lowest BCUT2D eigenvalue weighted by Crippen LogP contribution is -2.43. The average Bonchev–Trinajstić information content (AvgIpc) is 3.06. The van der Waals surface area contributed by atoms with E-state index in [0.29, 0.717) is 25.9 Å². The number of hydrogen-bond acceptors (Lipinski definition) is 3. The average molecular weight is 340 g/mol. The fourth-order valence-corrected chi connectivity index (χ4v) is 3.31. The van der Waals surface area contributed by atoms with Gasteiger partial charge in [0.25, 0.3) is 0 Å². The molecule has 1 aliphatic heterocycles. The largest absolute Gasteiger partial charge is 0.343 e. The first-order valence-corrected chi connectivity index (χ1v) is 8.64. The van der Waals surface area contributed by atoms with Crippen LogP contribution < -0.4 is 5.32 Å². The van der Waals surface area contributed by atoms with Crippen LogP contribution in [0.4, 0.5) is 0 Å². The van der Waals surface area contributed by atoms with Crippen LogP contribution in [-0.2, 0) is 16.6 Å². The van der Waals surface area contributed by atoms with Crippen molar-refractivity contribution in [3.05, 3.63) is 54.1 Å². The molecule has 132 valence electrons. The number of carbonyl (C=O) groups excluding carboxylic acids is 2. The summed E-state index contributed by atoms with van der Waals surface area (Å²) in [7, 11) is 1.93. The number of likely N-dealkylation sites (tertiary alicyclic amines) is 1. The quantitative estimate of drug-likeness (QED) is 0.924. The minimum atomic E-state index is -0.278. The normalized spacial score (nSPS) is 16.5. The number of rotatable bonds is 4. The number of nitrogens with zero attached hydrogens (tertiary/aromatic N) is 3. The summed E-state index contributed by atoms with van der Waals surface area (Å²) in [6.07, 6.45) is 5.02. The molecule has 25 heavy (non-hydrogen) atoms. The minimum Gasteiger partial charge on any atom is -0.343 e. The van der Waals surface area contributed by atoms with Gasteiger partial charge in [-0.05, 0) is 18.4 Å². The number of aryl methyl sites for hydroxylation is 1. The molecule has 0 unspecified atom stereocenters. The Morgan fingerprint density at radius 3 is 2.44 bits per heavy atom. The molecule has 0 bridgehead atoms. The van der Waals surface area contributed by atoms with E-state index in [-0.39, 0.29) is 23.8 Å². The summed E-state index contributed by atoms with van der Waals surface area (Å²) in [6.45, 7) is 2.87. The Labute approximate surface area is 147 Å². The van der Waals surface area contributed by atoms with Gasteiger partial charge in [-0.3, -0.25) is 9.59 Å². The number of amides is 2. The number of piperidine rings is 1. The summed E-state index contributed by atoms with van der Waals surface area (Å²) in [5.74, 6) is 0.844. The molecule has 0 saturated carbocycles. The molecule has 1 N–H and O–H groups in total. The third kappa shape index (κ3) is 3.90. The molecular weight excluding hydrogens is 316 g/mol. The highest BCUT2D eigenvalue weighted by Gasteiger charge is 2.29. The van der Waals surface area contributed by atoms with Crippen LogP contribution in [0, 0.1) is 5.92 Å². The lowest BCUT2D eigenvalue weighted by atomic mass is 9.95. The second-order valence-electron chi connectivity index (χ2n) is 6.53. The topological polar surface area (TPSA) is 67.2 Å². The van der Waals surface area contributed by atoms with Crippen molar-refractivity contribution in [1.82, 2.24) is 19.8 Å². The molecule has 1 atom stereocenters. The van der Waals surface area contributed by atoms with Crippen LogP contribution in [0.1, 0.15) is 37.2 Å². The van der Waals surface area contributed by atoms with E-state index in [4.69, 9.17) is 0 Å². The molecule has 1 aromatic heterocycles. The van der Waals surface area contributed by atoms with Gasteiger partial charge in [-0.15, -0.1) is 0 Å². The van der Waals surface area contributed by atoms with Crippen LogP contribution in [0.25, 0.3) is 0 Å². The molecule has 2 amide bonds. The van der Waals surface area contributed by atoms with E-state index in [2.05, 4.69) is 10.3 Å². The second-order valence-corrected chi connectivity index (χ2v) is 6.53. The maximum absolute atomic E-state index is 12.8. The van der Waals surface area contributed by atoms with Crippen LogP contribution in [-0.4, -0.2) is 39.4 Å². The monoisotopic (exact) mass is 340 g/mol. The highest BCUT2D eigenvalue weighted by atomic mass is 16.2. The summed E-state index contributed by atoms with van der Waals surface area (Å²) in [5.41, 5.74) is 1.01. The molecule has 6 nitrogen and oxygen atoms in total. The fourth-order valence-electron chi connectivity index (χ4n) is 3.31. The Bertz CT molecular complexity index is 733. The number of hydrogen-bond donors (Lipinski definition) is 1. The molecule has 1 aliphatic rings. The minimum absolute atomic E-state index is 0.0278. The third-order valence-corrected chi connectivity index (χ3v) is 4.85. The van der Waals surface area contributed by atoms with Crippen LogP contribution in [0.3, 0.4) is 0 Å². The number of aromatic nitrogens is 2. The van der Waals surface area contributed by atoms with Crippen molar-refractivity contribution < 1.29 is 9.59 Å². The van der Waals surface area contributed by atoms with Crippen LogP contribution >= 0.6 is 0 Å². The van der Waals surface area contributed by atoms with Gasteiger partial charge in [-0.2, -0.15) is 0 Å². The maximum Gasteiger partial charge on any atom is 0.224 e. The predicted molar refractivity (Wildman–Crippen MR) is 94.6 cm³/mol. The summed E-state index contributed by atoms with van der Waals surface area (Å²) in [4.78, 5) is 30.5.